The number of benzene rings is 3. The third-order valence-corrected chi connectivity index (χ3v) is 6.33. The number of halogens is 3. The fraction of sp³-hybridized carbons (Fsp3) is 0.226. The van der Waals surface area contributed by atoms with Gasteiger partial charge in [-0.1, -0.05) is 42.5 Å². The molecule has 0 bridgehead atoms. The minimum atomic E-state index is -4.51. The summed E-state index contributed by atoms with van der Waals surface area (Å²) in [6.07, 6.45) is -3.64. The minimum Gasteiger partial charge on any atom is -0.497 e. The van der Waals surface area contributed by atoms with E-state index in [0.717, 1.165) is 29.1 Å². The number of carbonyl (C=O) groups is 2. The monoisotopic (exact) mass is 565 g/mol. The van der Waals surface area contributed by atoms with Crippen LogP contribution in [0.5, 0.6) is 5.75 Å². The zero-order chi connectivity index (χ0) is 29.2. The molecular weight excluding hydrogens is 535 g/mol. The molecule has 41 heavy (non-hydrogen) atoms. The van der Waals surface area contributed by atoms with E-state index in [-0.39, 0.29) is 23.0 Å². The van der Waals surface area contributed by atoms with Gasteiger partial charge in [0.15, 0.2) is 5.76 Å². The number of methoxy groups -OCH3 is 1. The summed E-state index contributed by atoms with van der Waals surface area (Å²) >= 11 is 0. The molecule has 2 amide bonds. The number of rotatable bonds is 12. The second-order valence-electron chi connectivity index (χ2n) is 9.24. The van der Waals surface area contributed by atoms with E-state index in [1.54, 1.807) is 7.11 Å². The highest BCUT2D eigenvalue weighted by Gasteiger charge is 2.31. The van der Waals surface area contributed by atoms with Crippen LogP contribution in [0.1, 0.15) is 28.1 Å². The Morgan fingerprint density at radius 1 is 0.902 bits per heavy atom. The molecular formula is C31H30F3N3O4. The summed E-state index contributed by atoms with van der Waals surface area (Å²) in [5, 5.41) is 8.76. The van der Waals surface area contributed by atoms with Gasteiger partial charge in [0.1, 0.15) is 17.6 Å². The van der Waals surface area contributed by atoms with Gasteiger partial charge >= 0.3 is 6.18 Å². The number of hydrogen-bond acceptors (Lipinski definition) is 5. The lowest BCUT2D eigenvalue weighted by atomic mass is 10.0. The van der Waals surface area contributed by atoms with Crippen molar-refractivity contribution in [1.29, 1.82) is 0 Å². The summed E-state index contributed by atoms with van der Waals surface area (Å²) < 4.78 is 50.1. The molecule has 4 aromatic rings. The fourth-order valence-corrected chi connectivity index (χ4v) is 4.14. The number of amides is 2. The average Bonchev–Trinajstić information content (AvgIpc) is 3.48. The first-order valence-corrected chi connectivity index (χ1v) is 13.0. The maximum atomic E-state index is 13.1. The Hall–Kier alpha value is -4.73. The summed E-state index contributed by atoms with van der Waals surface area (Å²) in [4.78, 5) is 26.1. The first-order valence-electron chi connectivity index (χ1n) is 13.0. The van der Waals surface area contributed by atoms with Gasteiger partial charge in [0.25, 0.3) is 5.91 Å². The molecule has 0 fully saturated rings. The summed E-state index contributed by atoms with van der Waals surface area (Å²) in [7, 11) is 1.59. The summed E-state index contributed by atoms with van der Waals surface area (Å²) in [5.74, 6) is -0.283. The molecule has 0 spiro atoms. The van der Waals surface area contributed by atoms with E-state index < -0.39 is 23.7 Å². The Kier molecular flexibility index (Phi) is 9.68. The standard InChI is InChI=1S/C31H30F3N3O4/c1-40-25-13-11-24(12-14-25)35-18-19-36-29(38)26(15-10-21-6-3-2-4-7-21)37-30(39)28-17-16-27(41-28)22-8-5-9-23(20-22)31(32,33)34/h2-9,11-14,16-17,20,26,35H,10,15,18-19H2,1H3,(H,36,38)(H,37,39). The zero-order valence-electron chi connectivity index (χ0n) is 22.3. The van der Waals surface area contributed by atoms with E-state index in [1.807, 2.05) is 54.6 Å². The quantitative estimate of drug-likeness (QED) is 0.185. The molecule has 3 aromatic carbocycles. The summed E-state index contributed by atoms with van der Waals surface area (Å²) in [5.41, 5.74) is 1.23. The van der Waals surface area contributed by atoms with Gasteiger partial charge in [-0.3, -0.25) is 9.59 Å². The van der Waals surface area contributed by atoms with Gasteiger partial charge in [-0.15, -0.1) is 0 Å². The van der Waals surface area contributed by atoms with Crippen LogP contribution in [0.4, 0.5) is 18.9 Å². The minimum absolute atomic E-state index is 0.108. The largest absolute Gasteiger partial charge is 0.497 e. The highest BCUT2D eigenvalue weighted by Crippen LogP contribution is 2.32. The van der Waals surface area contributed by atoms with Crippen LogP contribution in [0, 0.1) is 0 Å². The van der Waals surface area contributed by atoms with Gasteiger partial charge in [0, 0.05) is 24.3 Å². The number of alkyl halides is 3. The number of nitrogens with one attached hydrogen (secondary N) is 3. The molecule has 3 N–H and O–H groups in total. The SMILES string of the molecule is COc1ccc(NCCNC(=O)C(CCc2ccccc2)NC(=O)c2ccc(-c3cccc(C(F)(F)F)c3)o2)cc1. The Labute approximate surface area is 235 Å². The maximum absolute atomic E-state index is 13.1. The lowest BCUT2D eigenvalue weighted by Crippen LogP contribution is -2.47. The van der Waals surface area contributed by atoms with Crippen LogP contribution in [0.3, 0.4) is 0 Å². The van der Waals surface area contributed by atoms with E-state index in [0.29, 0.717) is 25.9 Å². The highest BCUT2D eigenvalue weighted by atomic mass is 19.4. The zero-order valence-corrected chi connectivity index (χ0v) is 22.3. The Morgan fingerprint density at radius 3 is 2.37 bits per heavy atom. The van der Waals surface area contributed by atoms with E-state index in [1.165, 1.54) is 24.3 Å². The topological polar surface area (TPSA) is 92.6 Å². The fourth-order valence-electron chi connectivity index (χ4n) is 4.14. The average molecular weight is 566 g/mol. The predicted octanol–water partition coefficient (Wildman–Crippen LogP) is 5.93. The van der Waals surface area contributed by atoms with Crippen molar-refractivity contribution in [3.63, 3.8) is 0 Å². The number of furan rings is 1. The van der Waals surface area contributed by atoms with Crippen LogP contribution in [0.25, 0.3) is 11.3 Å². The Balaban J connectivity index is 1.39. The second kappa shape index (κ2) is 13.6. The third-order valence-electron chi connectivity index (χ3n) is 6.33. The molecule has 0 saturated carbocycles. The van der Waals surface area contributed by atoms with Crippen LogP contribution in [0.2, 0.25) is 0 Å². The van der Waals surface area contributed by atoms with Gasteiger partial charge < -0.3 is 25.1 Å². The van der Waals surface area contributed by atoms with Crippen LogP contribution in [-0.4, -0.2) is 38.1 Å². The first-order chi connectivity index (χ1) is 19.7. The van der Waals surface area contributed by atoms with Gasteiger partial charge in [-0.25, -0.2) is 0 Å². The number of carbonyl (C=O) groups excluding carboxylic acids is 2. The van der Waals surface area contributed by atoms with Crippen molar-refractivity contribution in [1.82, 2.24) is 10.6 Å². The molecule has 0 aliphatic carbocycles. The van der Waals surface area contributed by atoms with Crippen molar-refractivity contribution in [2.45, 2.75) is 25.1 Å². The van der Waals surface area contributed by atoms with Crippen molar-refractivity contribution in [2.24, 2.45) is 0 Å². The third kappa shape index (κ3) is 8.38. The maximum Gasteiger partial charge on any atom is 0.416 e. The smallest absolute Gasteiger partial charge is 0.416 e. The van der Waals surface area contributed by atoms with Gasteiger partial charge in [0.2, 0.25) is 5.91 Å². The Bertz CT molecular complexity index is 1440. The van der Waals surface area contributed by atoms with Crippen LogP contribution in [-0.2, 0) is 17.4 Å². The number of hydrogen-bond donors (Lipinski definition) is 3. The molecule has 10 heteroatoms. The van der Waals surface area contributed by atoms with Crippen LogP contribution < -0.4 is 20.7 Å². The lowest BCUT2D eigenvalue weighted by molar-refractivity contribution is -0.137. The van der Waals surface area contributed by atoms with Gasteiger partial charge in [0.05, 0.1) is 12.7 Å². The summed E-state index contributed by atoms with van der Waals surface area (Å²) in [6, 6.07) is 23.5. The molecule has 1 atom stereocenters. The molecule has 1 aromatic heterocycles. The molecule has 214 valence electrons. The molecule has 1 unspecified atom stereocenters. The van der Waals surface area contributed by atoms with Gasteiger partial charge in [-0.05, 0) is 66.9 Å². The van der Waals surface area contributed by atoms with Crippen LogP contribution >= 0.6 is 0 Å². The predicted molar refractivity (Wildman–Crippen MR) is 150 cm³/mol. The molecule has 0 aliphatic rings. The normalized spacial score (nSPS) is 11.9. The van der Waals surface area contributed by atoms with E-state index in [4.69, 9.17) is 9.15 Å². The molecule has 4 rings (SSSR count). The van der Waals surface area contributed by atoms with Crippen LogP contribution in [0.15, 0.2) is 95.4 Å². The molecule has 1 heterocycles. The number of aryl methyl sites for hydroxylation is 1. The first kappa shape index (κ1) is 29.3. The van der Waals surface area contributed by atoms with E-state index in [2.05, 4.69) is 16.0 Å². The highest BCUT2D eigenvalue weighted by molar-refractivity contribution is 5.96. The van der Waals surface area contributed by atoms with Crippen molar-refractivity contribution < 1.29 is 31.9 Å². The van der Waals surface area contributed by atoms with Crippen molar-refractivity contribution in [3.8, 4) is 17.1 Å². The Morgan fingerprint density at radius 2 is 1.66 bits per heavy atom. The molecule has 0 radical (unpaired) electrons. The molecule has 0 aliphatic heterocycles. The summed E-state index contributed by atoms with van der Waals surface area (Å²) in [6.45, 7) is 0.763. The number of ether oxygens (including phenoxy) is 1. The van der Waals surface area contributed by atoms with Gasteiger partial charge in [-0.2, -0.15) is 13.2 Å². The van der Waals surface area contributed by atoms with E-state index in [9.17, 15) is 22.8 Å². The number of anilines is 1. The second-order valence-corrected chi connectivity index (χ2v) is 9.24. The molecule has 0 saturated heterocycles. The van der Waals surface area contributed by atoms with E-state index >= 15 is 0 Å². The van der Waals surface area contributed by atoms with Crippen molar-refractivity contribution in [2.75, 3.05) is 25.5 Å². The lowest BCUT2D eigenvalue weighted by Gasteiger charge is -2.18. The molecule has 7 nitrogen and oxygen atoms in total. The van der Waals surface area contributed by atoms with Crippen molar-refractivity contribution >= 4 is 17.5 Å². The van der Waals surface area contributed by atoms with Crippen molar-refractivity contribution in [3.05, 3.63) is 108 Å².